The van der Waals surface area contributed by atoms with Crippen molar-refractivity contribution in [3.8, 4) is 0 Å². The minimum absolute atomic E-state index is 0.229. The van der Waals surface area contributed by atoms with Crippen molar-refractivity contribution in [1.29, 1.82) is 0 Å². The first-order valence-corrected chi connectivity index (χ1v) is 5.11. The standard InChI is InChI=1S/C10H14N4O2/c11-9-8(2-1-3-12-9)10(15)13-14-4-6-16-7-5-14/h1-3H,4-7H2,(H2,11,12)(H,13,15). The molecule has 86 valence electrons. The maximum absolute atomic E-state index is 11.8. The van der Waals surface area contributed by atoms with Crippen molar-refractivity contribution in [2.75, 3.05) is 32.0 Å². The van der Waals surface area contributed by atoms with Crippen molar-refractivity contribution < 1.29 is 9.53 Å². The van der Waals surface area contributed by atoms with Crippen molar-refractivity contribution in [3.05, 3.63) is 23.9 Å². The van der Waals surface area contributed by atoms with Crippen molar-refractivity contribution in [3.63, 3.8) is 0 Å². The molecule has 1 saturated heterocycles. The number of amides is 1. The van der Waals surface area contributed by atoms with E-state index in [0.29, 0.717) is 31.9 Å². The molecule has 1 aromatic heterocycles. The van der Waals surface area contributed by atoms with Gasteiger partial charge >= 0.3 is 0 Å². The number of rotatable bonds is 2. The fourth-order valence-corrected chi connectivity index (χ4v) is 1.49. The van der Waals surface area contributed by atoms with Gasteiger partial charge in [-0.1, -0.05) is 0 Å². The summed E-state index contributed by atoms with van der Waals surface area (Å²) in [7, 11) is 0. The zero-order chi connectivity index (χ0) is 11.4. The molecule has 1 fully saturated rings. The van der Waals surface area contributed by atoms with Crippen LogP contribution in [0.4, 0.5) is 5.82 Å². The Bertz CT molecular complexity index is 377. The van der Waals surface area contributed by atoms with Crippen LogP contribution >= 0.6 is 0 Å². The van der Waals surface area contributed by atoms with E-state index in [9.17, 15) is 4.79 Å². The van der Waals surface area contributed by atoms with Crippen LogP contribution in [0.15, 0.2) is 18.3 Å². The Balaban J connectivity index is 2.00. The van der Waals surface area contributed by atoms with Crippen molar-refractivity contribution >= 4 is 11.7 Å². The number of pyridine rings is 1. The van der Waals surface area contributed by atoms with Gasteiger partial charge in [0.15, 0.2) is 0 Å². The molecule has 0 atom stereocenters. The first kappa shape index (κ1) is 10.8. The Labute approximate surface area is 93.4 Å². The largest absolute Gasteiger partial charge is 0.383 e. The third kappa shape index (κ3) is 2.47. The predicted octanol–water partition coefficient (Wildman–Crippen LogP) is -0.359. The highest BCUT2D eigenvalue weighted by Crippen LogP contribution is 2.06. The number of nitrogens with one attached hydrogen (secondary N) is 1. The fraction of sp³-hybridized carbons (Fsp3) is 0.400. The van der Waals surface area contributed by atoms with Crippen LogP contribution in [0, 0.1) is 0 Å². The molecule has 3 N–H and O–H groups in total. The molecular formula is C10H14N4O2. The molecule has 16 heavy (non-hydrogen) atoms. The van der Waals surface area contributed by atoms with E-state index in [1.165, 1.54) is 0 Å². The van der Waals surface area contributed by atoms with Crippen LogP contribution in [-0.2, 0) is 4.74 Å². The molecule has 0 spiro atoms. The van der Waals surface area contributed by atoms with Crippen LogP contribution in [0.5, 0.6) is 0 Å². The van der Waals surface area contributed by atoms with Gasteiger partial charge in [0.2, 0.25) is 0 Å². The zero-order valence-electron chi connectivity index (χ0n) is 8.85. The quantitative estimate of drug-likeness (QED) is 0.714. The predicted molar refractivity (Wildman–Crippen MR) is 58.5 cm³/mol. The lowest BCUT2D eigenvalue weighted by atomic mass is 10.2. The molecule has 6 nitrogen and oxygen atoms in total. The number of hydrogen-bond acceptors (Lipinski definition) is 5. The lowest BCUT2D eigenvalue weighted by Gasteiger charge is -2.26. The summed E-state index contributed by atoms with van der Waals surface area (Å²) >= 11 is 0. The summed E-state index contributed by atoms with van der Waals surface area (Å²) in [6.45, 7) is 2.63. The number of morpholine rings is 1. The monoisotopic (exact) mass is 222 g/mol. The van der Waals surface area contributed by atoms with Gasteiger partial charge in [-0.2, -0.15) is 0 Å². The molecule has 6 heteroatoms. The SMILES string of the molecule is Nc1ncccc1C(=O)NN1CCOCC1. The molecule has 0 radical (unpaired) electrons. The Hall–Kier alpha value is -1.66. The third-order valence-electron chi connectivity index (χ3n) is 2.35. The van der Waals surface area contributed by atoms with E-state index in [1.807, 2.05) is 5.01 Å². The van der Waals surface area contributed by atoms with Gasteiger partial charge < -0.3 is 10.5 Å². The number of ether oxygens (including phenoxy) is 1. The Morgan fingerprint density at radius 3 is 2.94 bits per heavy atom. The lowest BCUT2D eigenvalue weighted by molar-refractivity contribution is 0.0126. The first-order valence-electron chi connectivity index (χ1n) is 5.11. The van der Waals surface area contributed by atoms with Gasteiger partial charge in [0.25, 0.3) is 5.91 Å². The molecule has 0 unspecified atom stereocenters. The second-order valence-corrected chi connectivity index (χ2v) is 3.48. The Morgan fingerprint density at radius 2 is 2.25 bits per heavy atom. The van der Waals surface area contributed by atoms with Gasteiger partial charge in [-0.3, -0.25) is 10.2 Å². The smallest absolute Gasteiger partial charge is 0.269 e. The molecule has 1 aliphatic rings. The number of carbonyl (C=O) groups is 1. The molecule has 1 aromatic rings. The summed E-state index contributed by atoms with van der Waals surface area (Å²) in [5.41, 5.74) is 8.78. The molecule has 0 saturated carbocycles. The average Bonchev–Trinajstić information content (AvgIpc) is 2.31. The number of nitrogens with two attached hydrogens (primary N) is 1. The number of nitrogen functional groups attached to an aromatic ring is 1. The number of aromatic nitrogens is 1. The van der Waals surface area contributed by atoms with Crippen molar-refractivity contribution in [1.82, 2.24) is 15.4 Å². The summed E-state index contributed by atoms with van der Waals surface area (Å²) in [5.74, 6) is 0.0146. The number of nitrogens with zero attached hydrogens (tertiary/aromatic N) is 2. The van der Waals surface area contributed by atoms with Gasteiger partial charge in [-0.15, -0.1) is 0 Å². The Kier molecular flexibility index (Phi) is 3.33. The topological polar surface area (TPSA) is 80.5 Å². The minimum atomic E-state index is -0.229. The van der Waals surface area contributed by atoms with E-state index in [-0.39, 0.29) is 11.7 Å². The Morgan fingerprint density at radius 1 is 1.50 bits per heavy atom. The van der Waals surface area contributed by atoms with E-state index in [1.54, 1.807) is 18.3 Å². The molecule has 2 heterocycles. The summed E-state index contributed by atoms with van der Waals surface area (Å²) in [5, 5.41) is 1.82. The van der Waals surface area contributed by atoms with Crippen molar-refractivity contribution in [2.24, 2.45) is 0 Å². The van der Waals surface area contributed by atoms with Crippen LogP contribution in [0.25, 0.3) is 0 Å². The van der Waals surface area contributed by atoms with Crippen LogP contribution in [0.1, 0.15) is 10.4 Å². The fourth-order valence-electron chi connectivity index (χ4n) is 1.49. The highest BCUT2D eigenvalue weighted by Gasteiger charge is 2.15. The van der Waals surface area contributed by atoms with E-state index < -0.39 is 0 Å². The summed E-state index contributed by atoms with van der Waals surface area (Å²) in [4.78, 5) is 15.7. The number of anilines is 1. The highest BCUT2D eigenvalue weighted by molar-refractivity contribution is 5.97. The number of carbonyl (C=O) groups excluding carboxylic acids is 1. The second kappa shape index (κ2) is 4.91. The highest BCUT2D eigenvalue weighted by atomic mass is 16.5. The molecular weight excluding hydrogens is 208 g/mol. The minimum Gasteiger partial charge on any atom is -0.383 e. The van der Waals surface area contributed by atoms with Crippen molar-refractivity contribution in [2.45, 2.75) is 0 Å². The van der Waals surface area contributed by atoms with E-state index >= 15 is 0 Å². The van der Waals surface area contributed by atoms with Gasteiger partial charge in [0.05, 0.1) is 18.8 Å². The van der Waals surface area contributed by atoms with Crippen LogP contribution in [0.3, 0.4) is 0 Å². The normalized spacial score (nSPS) is 17.0. The van der Waals surface area contributed by atoms with Gasteiger partial charge in [0.1, 0.15) is 5.82 Å². The van der Waals surface area contributed by atoms with E-state index in [2.05, 4.69) is 10.4 Å². The lowest BCUT2D eigenvalue weighted by Crippen LogP contribution is -2.48. The van der Waals surface area contributed by atoms with E-state index in [4.69, 9.17) is 10.5 Å². The van der Waals surface area contributed by atoms with Gasteiger partial charge in [0, 0.05) is 19.3 Å². The summed E-state index contributed by atoms with van der Waals surface area (Å²) in [6.07, 6.45) is 1.56. The molecule has 1 amide bonds. The molecule has 0 bridgehead atoms. The van der Waals surface area contributed by atoms with Gasteiger partial charge in [-0.05, 0) is 12.1 Å². The third-order valence-corrected chi connectivity index (χ3v) is 2.35. The second-order valence-electron chi connectivity index (χ2n) is 3.48. The molecule has 0 aliphatic carbocycles. The number of hydrogen-bond donors (Lipinski definition) is 2. The van der Waals surface area contributed by atoms with Crippen LogP contribution < -0.4 is 11.2 Å². The number of hydrazine groups is 1. The first-order chi connectivity index (χ1) is 7.77. The zero-order valence-corrected chi connectivity index (χ0v) is 8.85. The molecule has 1 aliphatic heterocycles. The van der Waals surface area contributed by atoms with Crippen LogP contribution in [-0.4, -0.2) is 42.2 Å². The molecule has 2 rings (SSSR count). The maximum atomic E-state index is 11.8. The summed E-state index contributed by atoms with van der Waals surface area (Å²) in [6, 6.07) is 3.34. The van der Waals surface area contributed by atoms with Gasteiger partial charge in [-0.25, -0.2) is 9.99 Å². The molecule has 0 aromatic carbocycles. The maximum Gasteiger partial charge on any atom is 0.269 e. The van der Waals surface area contributed by atoms with E-state index in [0.717, 1.165) is 0 Å². The summed E-state index contributed by atoms with van der Waals surface area (Å²) < 4.78 is 5.18. The average molecular weight is 222 g/mol. The van der Waals surface area contributed by atoms with Crippen LogP contribution in [0.2, 0.25) is 0 Å².